The Kier molecular flexibility index (Phi) is 12.2. The molecule has 1 fully saturated rings. The van der Waals surface area contributed by atoms with E-state index in [-0.39, 0.29) is 36.3 Å². The molecule has 1 heterocycles. The van der Waals surface area contributed by atoms with Gasteiger partial charge in [0.1, 0.15) is 11.5 Å². The van der Waals surface area contributed by atoms with Gasteiger partial charge in [0.15, 0.2) is 5.96 Å². The van der Waals surface area contributed by atoms with Crippen LogP contribution in [0.25, 0.3) is 0 Å². The SMILES string of the molecule is CCN1CCN(CCNC(=NC)NCc2cc(OC)ccc2OC(F)F)CC1.I. The molecule has 166 valence electrons. The average Bonchev–Trinajstić information content (AvgIpc) is 2.71. The van der Waals surface area contributed by atoms with Crippen LogP contribution in [0.4, 0.5) is 8.78 Å². The van der Waals surface area contributed by atoms with Gasteiger partial charge in [0.05, 0.1) is 7.11 Å². The molecule has 0 saturated carbocycles. The number of piperazine rings is 1. The number of methoxy groups -OCH3 is 1. The Morgan fingerprint density at radius 3 is 2.45 bits per heavy atom. The molecule has 0 amide bonds. The van der Waals surface area contributed by atoms with E-state index in [2.05, 4.69) is 37.1 Å². The van der Waals surface area contributed by atoms with Gasteiger partial charge >= 0.3 is 6.61 Å². The smallest absolute Gasteiger partial charge is 0.387 e. The first-order valence-corrected chi connectivity index (χ1v) is 9.56. The maximum Gasteiger partial charge on any atom is 0.387 e. The molecule has 0 atom stereocenters. The van der Waals surface area contributed by atoms with Crippen molar-refractivity contribution < 1.29 is 18.3 Å². The van der Waals surface area contributed by atoms with E-state index in [0.717, 1.165) is 45.8 Å². The number of hydrogen-bond donors (Lipinski definition) is 2. The predicted octanol–water partition coefficient (Wildman–Crippen LogP) is 2.22. The number of likely N-dealkylation sites (N-methyl/N-ethyl adjacent to an activating group) is 1. The summed E-state index contributed by atoms with van der Waals surface area (Å²) < 4.78 is 35.0. The van der Waals surface area contributed by atoms with Gasteiger partial charge in [-0.3, -0.25) is 9.89 Å². The Balaban J connectivity index is 0.00000420. The van der Waals surface area contributed by atoms with Gasteiger partial charge < -0.3 is 25.0 Å². The lowest BCUT2D eigenvalue weighted by molar-refractivity contribution is -0.0504. The number of guanidine groups is 1. The number of aliphatic imine (C=N–C) groups is 1. The third kappa shape index (κ3) is 8.87. The van der Waals surface area contributed by atoms with Crippen LogP contribution >= 0.6 is 24.0 Å². The van der Waals surface area contributed by atoms with E-state index in [9.17, 15) is 8.78 Å². The van der Waals surface area contributed by atoms with Crippen LogP contribution in [0.15, 0.2) is 23.2 Å². The number of ether oxygens (including phenoxy) is 2. The fraction of sp³-hybridized carbons (Fsp3) is 0.632. The molecule has 10 heteroatoms. The van der Waals surface area contributed by atoms with Crippen LogP contribution in [-0.2, 0) is 6.54 Å². The van der Waals surface area contributed by atoms with Gasteiger partial charge in [-0.15, -0.1) is 24.0 Å². The lowest BCUT2D eigenvalue weighted by Crippen LogP contribution is -2.49. The summed E-state index contributed by atoms with van der Waals surface area (Å²) in [5, 5.41) is 6.40. The normalized spacial score (nSPS) is 15.7. The van der Waals surface area contributed by atoms with Crippen molar-refractivity contribution in [3.63, 3.8) is 0 Å². The first-order valence-electron chi connectivity index (χ1n) is 9.56. The van der Waals surface area contributed by atoms with Crippen LogP contribution in [-0.4, -0.2) is 82.3 Å². The maximum atomic E-state index is 12.6. The molecule has 0 bridgehead atoms. The molecule has 2 N–H and O–H groups in total. The number of nitrogens with zero attached hydrogens (tertiary/aromatic N) is 3. The lowest BCUT2D eigenvalue weighted by Gasteiger charge is -2.34. The van der Waals surface area contributed by atoms with E-state index < -0.39 is 6.61 Å². The van der Waals surface area contributed by atoms with Crippen LogP contribution in [0.3, 0.4) is 0 Å². The Bertz CT molecular complexity index is 629. The fourth-order valence-electron chi connectivity index (χ4n) is 3.09. The fourth-order valence-corrected chi connectivity index (χ4v) is 3.09. The molecule has 7 nitrogen and oxygen atoms in total. The number of hydrogen-bond acceptors (Lipinski definition) is 5. The predicted molar refractivity (Wildman–Crippen MR) is 122 cm³/mol. The molecule has 29 heavy (non-hydrogen) atoms. The molecule has 0 spiro atoms. The van der Waals surface area contributed by atoms with Gasteiger partial charge in [-0.05, 0) is 24.7 Å². The van der Waals surface area contributed by atoms with Crippen LogP contribution in [0.5, 0.6) is 11.5 Å². The van der Waals surface area contributed by atoms with Crippen molar-refractivity contribution in [2.75, 3.05) is 60.0 Å². The molecule has 0 radical (unpaired) electrons. The lowest BCUT2D eigenvalue weighted by atomic mass is 10.2. The van der Waals surface area contributed by atoms with Crippen molar-refractivity contribution in [2.45, 2.75) is 20.1 Å². The van der Waals surface area contributed by atoms with E-state index in [1.165, 1.54) is 13.2 Å². The highest BCUT2D eigenvalue weighted by atomic mass is 127. The minimum Gasteiger partial charge on any atom is -0.497 e. The molecule has 2 rings (SSSR count). The monoisotopic (exact) mass is 527 g/mol. The highest BCUT2D eigenvalue weighted by Crippen LogP contribution is 2.25. The van der Waals surface area contributed by atoms with E-state index in [4.69, 9.17) is 4.74 Å². The van der Waals surface area contributed by atoms with E-state index in [1.807, 2.05) is 0 Å². The molecular weight excluding hydrogens is 495 g/mol. The minimum absolute atomic E-state index is 0. The summed E-state index contributed by atoms with van der Waals surface area (Å²) in [7, 11) is 3.21. The molecule has 1 aromatic rings. The molecule has 0 unspecified atom stereocenters. The van der Waals surface area contributed by atoms with E-state index >= 15 is 0 Å². The maximum absolute atomic E-state index is 12.6. The highest BCUT2D eigenvalue weighted by Gasteiger charge is 2.15. The molecule has 1 aliphatic heterocycles. The summed E-state index contributed by atoms with van der Waals surface area (Å²) in [6, 6.07) is 4.74. The van der Waals surface area contributed by atoms with Crippen molar-refractivity contribution in [3.8, 4) is 11.5 Å². The summed E-state index contributed by atoms with van der Waals surface area (Å²) in [6.45, 7) is 6.72. The number of alkyl halides is 2. The summed E-state index contributed by atoms with van der Waals surface area (Å²) in [5.74, 6) is 1.30. The third-order valence-corrected chi connectivity index (χ3v) is 4.79. The summed E-state index contributed by atoms with van der Waals surface area (Å²) in [6.07, 6.45) is 0. The largest absolute Gasteiger partial charge is 0.497 e. The van der Waals surface area contributed by atoms with Crippen molar-refractivity contribution in [2.24, 2.45) is 4.99 Å². The van der Waals surface area contributed by atoms with Gasteiger partial charge in [0.2, 0.25) is 0 Å². The number of rotatable bonds is 9. The molecule has 1 aromatic carbocycles. The second kappa shape index (κ2) is 13.8. The zero-order chi connectivity index (χ0) is 20.4. The summed E-state index contributed by atoms with van der Waals surface area (Å²) >= 11 is 0. The van der Waals surface area contributed by atoms with Crippen molar-refractivity contribution >= 4 is 29.9 Å². The van der Waals surface area contributed by atoms with Crippen LogP contribution in [0.1, 0.15) is 12.5 Å². The van der Waals surface area contributed by atoms with Crippen LogP contribution < -0.4 is 20.1 Å². The number of halogens is 3. The molecule has 1 aliphatic rings. The van der Waals surface area contributed by atoms with Gasteiger partial charge in [0, 0.05) is 58.4 Å². The molecular formula is C19H32F2IN5O2. The minimum atomic E-state index is -2.88. The molecule has 0 aliphatic carbocycles. The number of benzene rings is 1. The van der Waals surface area contributed by atoms with Gasteiger partial charge in [0.25, 0.3) is 0 Å². The third-order valence-electron chi connectivity index (χ3n) is 4.79. The Labute approximate surface area is 188 Å². The van der Waals surface area contributed by atoms with Gasteiger partial charge in [-0.2, -0.15) is 8.78 Å². The zero-order valence-electron chi connectivity index (χ0n) is 17.3. The van der Waals surface area contributed by atoms with E-state index in [0.29, 0.717) is 17.3 Å². The zero-order valence-corrected chi connectivity index (χ0v) is 19.6. The second-order valence-electron chi connectivity index (χ2n) is 6.48. The molecule has 0 aromatic heterocycles. The van der Waals surface area contributed by atoms with E-state index in [1.54, 1.807) is 19.2 Å². The highest BCUT2D eigenvalue weighted by molar-refractivity contribution is 14.0. The van der Waals surface area contributed by atoms with Crippen molar-refractivity contribution in [1.82, 2.24) is 20.4 Å². The Morgan fingerprint density at radius 2 is 1.86 bits per heavy atom. The first-order chi connectivity index (χ1) is 13.5. The van der Waals surface area contributed by atoms with Crippen molar-refractivity contribution in [3.05, 3.63) is 23.8 Å². The Morgan fingerprint density at radius 1 is 1.17 bits per heavy atom. The quantitative estimate of drug-likeness (QED) is 0.292. The average molecular weight is 527 g/mol. The summed E-state index contributed by atoms with van der Waals surface area (Å²) in [5.41, 5.74) is 0.568. The van der Waals surface area contributed by atoms with Gasteiger partial charge in [-0.1, -0.05) is 6.92 Å². The number of nitrogens with one attached hydrogen (secondary N) is 2. The summed E-state index contributed by atoms with van der Waals surface area (Å²) in [4.78, 5) is 9.05. The second-order valence-corrected chi connectivity index (χ2v) is 6.48. The van der Waals surface area contributed by atoms with Crippen molar-refractivity contribution in [1.29, 1.82) is 0 Å². The topological polar surface area (TPSA) is 61.4 Å². The first kappa shape index (κ1) is 25.6. The standard InChI is InChI=1S/C19H31F2N5O2.HI/c1-4-25-9-11-26(12-10-25)8-7-23-19(22-2)24-14-15-13-16(27-3)5-6-17(15)28-18(20)21;/h5-6,13,18H,4,7-12,14H2,1-3H3,(H2,22,23,24);1H. The Hall–Kier alpha value is -1.40. The van der Waals surface area contributed by atoms with Crippen LogP contribution in [0, 0.1) is 0 Å². The molecule has 1 saturated heterocycles. The van der Waals surface area contributed by atoms with Gasteiger partial charge in [-0.25, -0.2) is 0 Å². The van der Waals surface area contributed by atoms with Crippen LogP contribution in [0.2, 0.25) is 0 Å².